The van der Waals surface area contributed by atoms with Gasteiger partial charge in [0, 0.05) is 24.4 Å². The molecule has 0 saturated carbocycles. The maximum Gasteiger partial charge on any atom is 0.262 e. The van der Waals surface area contributed by atoms with E-state index in [4.69, 9.17) is 9.47 Å². The molecule has 1 heterocycles. The third-order valence-corrected chi connectivity index (χ3v) is 4.70. The molecule has 1 aliphatic heterocycles. The highest BCUT2D eigenvalue weighted by molar-refractivity contribution is 5.96. The van der Waals surface area contributed by atoms with Crippen molar-refractivity contribution in [3.63, 3.8) is 0 Å². The van der Waals surface area contributed by atoms with Gasteiger partial charge in [-0.05, 0) is 62.1 Å². The SMILES string of the molecule is Cc1cccc(C)c1OCC(=O)Nc1ccc(C(=O)NCC2CCCO2)cc1. The van der Waals surface area contributed by atoms with Crippen LogP contribution in [0.25, 0.3) is 0 Å². The molecular formula is C22H26N2O4. The molecular weight excluding hydrogens is 356 g/mol. The lowest BCUT2D eigenvalue weighted by Gasteiger charge is -2.12. The first-order valence-corrected chi connectivity index (χ1v) is 9.51. The van der Waals surface area contributed by atoms with Gasteiger partial charge in [-0.15, -0.1) is 0 Å². The molecule has 1 aliphatic rings. The van der Waals surface area contributed by atoms with Crippen LogP contribution in [0.4, 0.5) is 5.69 Å². The van der Waals surface area contributed by atoms with E-state index in [2.05, 4.69) is 10.6 Å². The Morgan fingerprint density at radius 2 is 1.82 bits per heavy atom. The van der Waals surface area contributed by atoms with E-state index in [0.29, 0.717) is 17.8 Å². The van der Waals surface area contributed by atoms with Crippen molar-refractivity contribution in [2.45, 2.75) is 32.8 Å². The molecule has 0 aromatic heterocycles. The number of carbonyl (C=O) groups excluding carboxylic acids is 2. The van der Waals surface area contributed by atoms with Gasteiger partial charge in [-0.3, -0.25) is 9.59 Å². The Hall–Kier alpha value is -2.86. The number of para-hydroxylation sites is 1. The molecule has 2 aromatic carbocycles. The second-order valence-corrected chi connectivity index (χ2v) is 6.98. The van der Waals surface area contributed by atoms with Crippen molar-refractivity contribution in [1.29, 1.82) is 0 Å². The molecule has 2 N–H and O–H groups in total. The quantitative estimate of drug-likeness (QED) is 0.771. The Morgan fingerprint density at radius 1 is 1.11 bits per heavy atom. The Labute approximate surface area is 165 Å². The summed E-state index contributed by atoms with van der Waals surface area (Å²) in [6.45, 7) is 5.11. The highest BCUT2D eigenvalue weighted by Gasteiger charge is 2.16. The number of carbonyl (C=O) groups is 2. The number of ether oxygens (including phenoxy) is 2. The van der Waals surface area contributed by atoms with E-state index in [1.807, 2.05) is 32.0 Å². The summed E-state index contributed by atoms with van der Waals surface area (Å²) >= 11 is 0. The molecule has 1 atom stereocenters. The van der Waals surface area contributed by atoms with Crippen molar-refractivity contribution in [2.75, 3.05) is 25.1 Å². The summed E-state index contributed by atoms with van der Waals surface area (Å²) in [6, 6.07) is 12.6. The Kier molecular flexibility index (Phi) is 6.66. The third kappa shape index (κ3) is 5.33. The van der Waals surface area contributed by atoms with Crippen molar-refractivity contribution in [3.05, 3.63) is 59.2 Å². The number of nitrogens with one attached hydrogen (secondary N) is 2. The van der Waals surface area contributed by atoms with Crippen molar-refractivity contribution in [2.24, 2.45) is 0 Å². The molecule has 2 aromatic rings. The molecule has 0 spiro atoms. The minimum absolute atomic E-state index is 0.0741. The minimum atomic E-state index is -0.252. The van der Waals surface area contributed by atoms with Crippen LogP contribution in [0, 0.1) is 13.8 Å². The lowest BCUT2D eigenvalue weighted by molar-refractivity contribution is -0.118. The molecule has 6 heteroatoms. The van der Waals surface area contributed by atoms with Gasteiger partial charge in [0.25, 0.3) is 11.8 Å². The van der Waals surface area contributed by atoms with E-state index >= 15 is 0 Å². The first-order valence-electron chi connectivity index (χ1n) is 9.51. The monoisotopic (exact) mass is 382 g/mol. The third-order valence-electron chi connectivity index (χ3n) is 4.70. The molecule has 1 fully saturated rings. The summed E-state index contributed by atoms with van der Waals surface area (Å²) in [5.41, 5.74) is 3.14. The van der Waals surface area contributed by atoms with Crippen LogP contribution in [-0.2, 0) is 9.53 Å². The second-order valence-electron chi connectivity index (χ2n) is 6.98. The molecule has 1 unspecified atom stereocenters. The van der Waals surface area contributed by atoms with Crippen LogP contribution in [0.1, 0.15) is 34.3 Å². The maximum absolute atomic E-state index is 12.2. The Bertz CT molecular complexity index is 807. The van der Waals surface area contributed by atoms with E-state index in [1.54, 1.807) is 24.3 Å². The Morgan fingerprint density at radius 3 is 2.46 bits per heavy atom. The van der Waals surface area contributed by atoms with Crippen LogP contribution in [0.3, 0.4) is 0 Å². The van der Waals surface area contributed by atoms with E-state index in [0.717, 1.165) is 36.3 Å². The Balaban J connectivity index is 1.48. The fraction of sp³-hybridized carbons (Fsp3) is 0.364. The smallest absolute Gasteiger partial charge is 0.262 e. The van der Waals surface area contributed by atoms with Gasteiger partial charge in [0.05, 0.1) is 6.10 Å². The van der Waals surface area contributed by atoms with Gasteiger partial charge in [0.2, 0.25) is 0 Å². The predicted octanol–water partition coefficient (Wildman–Crippen LogP) is 3.23. The zero-order valence-corrected chi connectivity index (χ0v) is 16.3. The van der Waals surface area contributed by atoms with E-state index < -0.39 is 0 Å². The summed E-state index contributed by atoms with van der Waals surface area (Å²) in [5, 5.41) is 5.66. The maximum atomic E-state index is 12.2. The summed E-state index contributed by atoms with van der Waals surface area (Å²) < 4.78 is 11.2. The molecule has 6 nitrogen and oxygen atoms in total. The topological polar surface area (TPSA) is 76.7 Å². The largest absolute Gasteiger partial charge is 0.483 e. The van der Waals surface area contributed by atoms with E-state index in [-0.39, 0.29) is 24.5 Å². The van der Waals surface area contributed by atoms with Crippen molar-refractivity contribution in [1.82, 2.24) is 5.32 Å². The van der Waals surface area contributed by atoms with Crippen LogP contribution < -0.4 is 15.4 Å². The van der Waals surface area contributed by atoms with E-state index in [9.17, 15) is 9.59 Å². The standard InChI is InChI=1S/C22H26N2O4/c1-15-5-3-6-16(2)21(15)28-14-20(25)24-18-10-8-17(9-11-18)22(26)23-13-19-7-4-12-27-19/h3,5-6,8-11,19H,4,7,12-14H2,1-2H3,(H,23,26)(H,24,25). The molecule has 0 aliphatic carbocycles. The summed E-state index contributed by atoms with van der Waals surface area (Å²) in [7, 11) is 0. The first-order chi connectivity index (χ1) is 13.5. The molecule has 2 amide bonds. The van der Waals surface area contributed by atoms with Crippen LogP contribution in [0.5, 0.6) is 5.75 Å². The molecule has 1 saturated heterocycles. The zero-order chi connectivity index (χ0) is 19.9. The van der Waals surface area contributed by atoms with Gasteiger partial charge in [-0.2, -0.15) is 0 Å². The number of hydrogen-bond acceptors (Lipinski definition) is 4. The number of benzene rings is 2. The first kappa shape index (κ1) is 19.9. The van der Waals surface area contributed by atoms with Crippen molar-refractivity contribution < 1.29 is 19.1 Å². The molecule has 3 rings (SSSR count). The summed E-state index contributed by atoms with van der Waals surface area (Å²) in [6.07, 6.45) is 2.14. The van der Waals surface area contributed by atoms with Crippen molar-refractivity contribution >= 4 is 17.5 Å². The number of amides is 2. The van der Waals surface area contributed by atoms with Crippen LogP contribution in [0.15, 0.2) is 42.5 Å². The average molecular weight is 382 g/mol. The van der Waals surface area contributed by atoms with Crippen molar-refractivity contribution in [3.8, 4) is 5.75 Å². The molecule has 28 heavy (non-hydrogen) atoms. The van der Waals surface area contributed by atoms with Crippen LogP contribution in [0.2, 0.25) is 0 Å². The van der Waals surface area contributed by atoms with Gasteiger partial charge in [0.1, 0.15) is 5.75 Å². The zero-order valence-electron chi connectivity index (χ0n) is 16.3. The van der Waals surface area contributed by atoms with Gasteiger partial charge < -0.3 is 20.1 Å². The molecule has 0 bridgehead atoms. The number of anilines is 1. The second kappa shape index (κ2) is 9.37. The van der Waals surface area contributed by atoms with E-state index in [1.165, 1.54) is 0 Å². The van der Waals surface area contributed by atoms with Gasteiger partial charge in [-0.25, -0.2) is 0 Å². The van der Waals surface area contributed by atoms with Crippen LogP contribution >= 0.6 is 0 Å². The lowest BCUT2D eigenvalue weighted by Crippen LogP contribution is -2.31. The summed E-state index contributed by atoms with van der Waals surface area (Å²) in [5.74, 6) is 0.334. The lowest BCUT2D eigenvalue weighted by atomic mass is 10.1. The van der Waals surface area contributed by atoms with Gasteiger partial charge in [0.15, 0.2) is 6.61 Å². The predicted molar refractivity (Wildman–Crippen MR) is 108 cm³/mol. The molecule has 148 valence electrons. The van der Waals surface area contributed by atoms with Gasteiger partial charge >= 0.3 is 0 Å². The number of rotatable bonds is 7. The number of hydrogen-bond donors (Lipinski definition) is 2. The highest BCUT2D eigenvalue weighted by Crippen LogP contribution is 2.22. The van der Waals surface area contributed by atoms with Gasteiger partial charge in [-0.1, -0.05) is 18.2 Å². The normalized spacial score (nSPS) is 15.9. The fourth-order valence-electron chi connectivity index (χ4n) is 3.18. The minimum Gasteiger partial charge on any atom is -0.483 e. The average Bonchev–Trinajstić information content (AvgIpc) is 3.20. The highest BCUT2D eigenvalue weighted by atomic mass is 16.5. The fourth-order valence-corrected chi connectivity index (χ4v) is 3.18. The molecule has 0 radical (unpaired) electrons. The number of aryl methyl sites for hydroxylation is 2. The van der Waals surface area contributed by atoms with Crippen LogP contribution in [-0.4, -0.2) is 37.7 Å². The summed E-state index contributed by atoms with van der Waals surface area (Å²) in [4.78, 5) is 24.3.